The molecule has 0 aliphatic heterocycles. The van der Waals surface area contributed by atoms with Crippen LogP contribution in [0.2, 0.25) is 0 Å². The van der Waals surface area contributed by atoms with Gasteiger partial charge in [0.15, 0.2) is 5.96 Å². The molecular formula is C16H30N4S. The molecule has 0 bridgehead atoms. The summed E-state index contributed by atoms with van der Waals surface area (Å²) in [5, 5.41) is 8.92. The van der Waals surface area contributed by atoms with E-state index in [0.717, 1.165) is 32.1 Å². The summed E-state index contributed by atoms with van der Waals surface area (Å²) in [6.45, 7) is 12.9. The Bertz CT molecular complexity index is 400. The molecule has 0 aliphatic rings. The zero-order valence-corrected chi connectivity index (χ0v) is 14.8. The molecule has 0 aromatic carbocycles. The van der Waals surface area contributed by atoms with E-state index < -0.39 is 0 Å². The molecule has 1 atom stereocenters. The van der Waals surface area contributed by atoms with E-state index in [4.69, 9.17) is 0 Å². The third-order valence-electron chi connectivity index (χ3n) is 3.66. The van der Waals surface area contributed by atoms with Crippen molar-refractivity contribution in [2.45, 2.75) is 39.7 Å². The molecule has 0 fully saturated rings. The van der Waals surface area contributed by atoms with E-state index in [1.807, 2.05) is 18.4 Å². The summed E-state index contributed by atoms with van der Waals surface area (Å²) in [7, 11) is 1.82. The van der Waals surface area contributed by atoms with Gasteiger partial charge in [0.1, 0.15) is 0 Å². The summed E-state index contributed by atoms with van der Waals surface area (Å²) in [6, 6.07) is 4.88. The molecule has 21 heavy (non-hydrogen) atoms. The fourth-order valence-electron chi connectivity index (χ4n) is 2.24. The van der Waals surface area contributed by atoms with Crippen LogP contribution in [0.4, 0.5) is 0 Å². The van der Waals surface area contributed by atoms with E-state index in [1.54, 1.807) is 0 Å². The van der Waals surface area contributed by atoms with Crippen LogP contribution in [-0.4, -0.2) is 50.1 Å². The minimum Gasteiger partial charge on any atom is -0.356 e. The molecule has 0 saturated heterocycles. The second-order valence-corrected chi connectivity index (χ2v) is 6.50. The van der Waals surface area contributed by atoms with Crippen LogP contribution in [0.15, 0.2) is 22.5 Å². The van der Waals surface area contributed by atoms with Gasteiger partial charge in [0.25, 0.3) is 0 Å². The van der Waals surface area contributed by atoms with Crippen molar-refractivity contribution in [1.29, 1.82) is 0 Å². The Morgan fingerprint density at radius 2 is 2.10 bits per heavy atom. The van der Waals surface area contributed by atoms with Crippen LogP contribution in [0.1, 0.15) is 38.5 Å². The van der Waals surface area contributed by atoms with Gasteiger partial charge in [-0.25, -0.2) is 0 Å². The van der Waals surface area contributed by atoms with Crippen molar-refractivity contribution < 1.29 is 0 Å². The number of nitrogens with one attached hydrogen (secondary N) is 2. The van der Waals surface area contributed by atoms with Crippen LogP contribution in [0.3, 0.4) is 0 Å². The van der Waals surface area contributed by atoms with Crippen molar-refractivity contribution in [3.63, 3.8) is 0 Å². The van der Waals surface area contributed by atoms with Gasteiger partial charge in [-0.3, -0.25) is 9.89 Å². The Kier molecular flexibility index (Phi) is 8.38. The first-order valence-corrected chi connectivity index (χ1v) is 8.68. The Morgan fingerprint density at radius 3 is 2.62 bits per heavy atom. The highest BCUT2D eigenvalue weighted by Crippen LogP contribution is 2.19. The molecule has 1 aromatic heterocycles. The first-order chi connectivity index (χ1) is 10.1. The zero-order valence-electron chi connectivity index (χ0n) is 14.0. The van der Waals surface area contributed by atoms with E-state index in [0.29, 0.717) is 12.0 Å². The van der Waals surface area contributed by atoms with E-state index >= 15 is 0 Å². The maximum atomic E-state index is 4.29. The van der Waals surface area contributed by atoms with Crippen LogP contribution in [0.5, 0.6) is 0 Å². The predicted octanol–water partition coefficient (Wildman–Crippen LogP) is 2.75. The van der Waals surface area contributed by atoms with Gasteiger partial charge < -0.3 is 10.6 Å². The monoisotopic (exact) mass is 310 g/mol. The summed E-state index contributed by atoms with van der Waals surface area (Å²) < 4.78 is 0. The van der Waals surface area contributed by atoms with E-state index in [9.17, 15) is 0 Å². The molecule has 4 nitrogen and oxygen atoms in total. The summed E-state index contributed by atoms with van der Waals surface area (Å²) >= 11 is 1.81. The Balaban J connectivity index is 2.29. The molecule has 0 amide bonds. The molecule has 1 rings (SSSR count). The van der Waals surface area contributed by atoms with Crippen LogP contribution < -0.4 is 10.6 Å². The third kappa shape index (κ3) is 6.48. The molecule has 0 saturated carbocycles. The topological polar surface area (TPSA) is 39.7 Å². The van der Waals surface area contributed by atoms with Gasteiger partial charge in [-0.2, -0.15) is 0 Å². The van der Waals surface area contributed by atoms with Crippen molar-refractivity contribution in [2.75, 3.05) is 33.2 Å². The van der Waals surface area contributed by atoms with Crippen molar-refractivity contribution in [2.24, 2.45) is 4.99 Å². The van der Waals surface area contributed by atoms with Crippen LogP contribution in [0, 0.1) is 0 Å². The van der Waals surface area contributed by atoms with Crippen molar-refractivity contribution in [1.82, 2.24) is 15.5 Å². The average molecular weight is 311 g/mol. The van der Waals surface area contributed by atoms with Gasteiger partial charge in [0, 0.05) is 43.5 Å². The molecule has 5 heteroatoms. The molecule has 1 aromatic rings. The second-order valence-electron chi connectivity index (χ2n) is 5.52. The second kappa shape index (κ2) is 9.79. The number of guanidine groups is 1. The number of hydrogen-bond donors (Lipinski definition) is 2. The number of likely N-dealkylation sites (N-methyl/N-ethyl adjacent to an activating group) is 1. The smallest absolute Gasteiger partial charge is 0.191 e. The SMILES string of the molecule is CCN(CCNC(=NC)NCC(C)c1cccs1)C(C)C. The van der Waals surface area contributed by atoms with Gasteiger partial charge in [0.05, 0.1) is 0 Å². The van der Waals surface area contributed by atoms with Crippen LogP contribution in [0.25, 0.3) is 0 Å². The lowest BCUT2D eigenvalue weighted by atomic mass is 10.1. The average Bonchev–Trinajstić information content (AvgIpc) is 3.00. The number of hydrogen-bond acceptors (Lipinski definition) is 3. The lowest BCUT2D eigenvalue weighted by molar-refractivity contribution is 0.237. The van der Waals surface area contributed by atoms with Crippen molar-refractivity contribution >= 4 is 17.3 Å². The molecule has 2 N–H and O–H groups in total. The summed E-state index contributed by atoms with van der Waals surface area (Å²) in [5.41, 5.74) is 0. The van der Waals surface area contributed by atoms with E-state index in [2.05, 4.69) is 65.7 Å². The lowest BCUT2D eigenvalue weighted by Crippen LogP contribution is -2.43. The standard InChI is InChI=1S/C16H30N4S/c1-6-20(13(2)3)10-9-18-16(17-5)19-12-14(4)15-8-7-11-21-15/h7-8,11,13-14H,6,9-10,12H2,1-5H3,(H2,17,18,19). The maximum Gasteiger partial charge on any atom is 0.191 e. The highest BCUT2D eigenvalue weighted by atomic mass is 32.1. The predicted molar refractivity (Wildman–Crippen MR) is 94.5 cm³/mol. The molecule has 120 valence electrons. The Morgan fingerprint density at radius 1 is 1.33 bits per heavy atom. The van der Waals surface area contributed by atoms with Crippen molar-refractivity contribution in [3.05, 3.63) is 22.4 Å². The molecule has 1 unspecified atom stereocenters. The van der Waals surface area contributed by atoms with E-state index in [1.165, 1.54) is 4.88 Å². The first kappa shape index (κ1) is 18.0. The highest BCUT2D eigenvalue weighted by molar-refractivity contribution is 7.10. The normalized spacial score (nSPS) is 13.8. The summed E-state index contributed by atoms with van der Waals surface area (Å²) in [4.78, 5) is 8.14. The maximum absolute atomic E-state index is 4.29. The van der Waals surface area contributed by atoms with Gasteiger partial charge in [0.2, 0.25) is 0 Å². The molecule has 0 radical (unpaired) electrons. The molecule has 0 spiro atoms. The van der Waals surface area contributed by atoms with Crippen LogP contribution >= 0.6 is 11.3 Å². The molecular weight excluding hydrogens is 280 g/mol. The quantitative estimate of drug-likeness (QED) is 0.573. The fraction of sp³-hybridized carbons (Fsp3) is 0.688. The summed E-state index contributed by atoms with van der Waals surface area (Å²) in [5.74, 6) is 1.39. The Hall–Kier alpha value is -1.07. The lowest BCUT2D eigenvalue weighted by Gasteiger charge is -2.25. The minimum absolute atomic E-state index is 0.506. The fourth-order valence-corrected chi connectivity index (χ4v) is 3.03. The number of nitrogens with zero attached hydrogens (tertiary/aromatic N) is 2. The minimum atomic E-state index is 0.506. The van der Waals surface area contributed by atoms with Gasteiger partial charge in [-0.15, -0.1) is 11.3 Å². The highest BCUT2D eigenvalue weighted by Gasteiger charge is 2.09. The van der Waals surface area contributed by atoms with Crippen molar-refractivity contribution in [3.8, 4) is 0 Å². The largest absolute Gasteiger partial charge is 0.356 e. The van der Waals surface area contributed by atoms with Gasteiger partial charge in [-0.05, 0) is 31.8 Å². The summed E-state index contributed by atoms with van der Waals surface area (Å²) in [6.07, 6.45) is 0. The number of aliphatic imine (C=N–C) groups is 1. The number of rotatable bonds is 8. The third-order valence-corrected chi connectivity index (χ3v) is 4.76. The van der Waals surface area contributed by atoms with Gasteiger partial charge >= 0.3 is 0 Å². The van der Waals surface area contributed by atoms with Crippen LogP contribution in [-0.2, 0) is 0 Å². The zero-order chi connectivity index (χ0) is 15.7. The van der Waals surface area contributed by atoms with Gasteiger partial charge in [-0.1, -0.05) is 19.9 Å². The van der Waals surface area contributed by atoms with E-state index in [-0.39, 0.29) is 0 Å². The molecule has 0 aliphatic carbocycles. The molecule has 1 heterocycles. The Labute approximate surface area is 133 Å². The number of thiophene rings is 1. The first-order valence-electron chi connectivity index (χ1n) is 7.80.